The first-order chi connectivity index (χ1) is 16.4. The molecule has 7 nitrogen and oxygen atoms in total. The zero-order valence-corrected chi connectivity index (χ0v) is 21.0. The van der Waals surface area contributed by atoms with Crippen LogP contribution in [0.25, 0.3) is 6.08 Å². The maximum absolute atomic E-state index is 11.7. The molecule has 2 aliphatic heterocycles. The molecule has 0 unspecified atom stereocenters. The molecule has 8 heteroatoms. The average Bonchev–Trinajstić information content (AvgIpc) is 3.14. The highest BCUT2D eigenvalue weighted by Crippen LogP contribution is 2.57. The van der Waals surface area contributed by atoms with Crippen LogP contribution >= 0.6 is 11.8 Å². The predicted octanol–water partition coefficient (Wildman–Crippen LogP) is 4.74. The zero-order chi connectivity index (χ0) is 24.3. The van der Waals surface area contributed by atoms with Crippen LogP contribution in [0, 0.1) is 5.41 Å². The highest BCUT2D eigenvalue weighted by Gasteiger charge is 2.64. The molecule has 1 N–H and O–H groups in total. The first-order valence-electron chi connectivity index (χ1n) is 11.1. The standard InChI is InChI=1S/C26H31NO6S/c1-17-25(16-34-13-12-26(25,28)33-27-17)20(19-8-11-22(30-3)24(15-19)32-5)9-6-18-7-10-21(29-2)23(14-18)31-4/h6-11,14-15,20,28H,12-13,16H2,1-5H3/b9-6+/t20-,25+,26+/m0/s1. The lowest BCUT2D eigenvalue weighted by Gasteiger charge is -2.47. The lowest BCUT2D eigenvalue weighted by molar-refractivity contribution is -0.237. The topological polar surface area (TPSA) is 78.7 Å². The molecule has 0 saturated carbocycles. The summed E-state index contributed by atoms with van der Waals surface area (Å²) in [6.45, 7) is 1.93. The van der Waals surface area contributed by atoms with Gasteiger partial charge in [0.05, 0.1) is 39.6 Å². The Morgan fingerprint density at radius 1 is 0.971 bits per heavy atom. The summed E-state index contributed by atoms with van der Waals surface area (Å²) in [6, 6.07) is 11.6. The fraction of sp³-hybridized carbons (Fsp3) is 0.423. The van der Waals surface area contributed by atoms with Gasteiger partial charge >= 0.3 is 0 Å². The third kappa shape index (κ3) is 3.99. The summed E-state index contributed by atoms with van der Waals surface area (Å²) >= 11 is 1.80. The molecule has 4 rings (SSSR count). The highest BCUT2D eigenvalue weighted by atomic mass is 32.2. The van der Waals surface area contributed by atoms with Crippen molar-refractivity contribution in [2.24, 2.45) is 10.6 Å². The summed E-state index contributed by atoms with van der Waals surface area (Å²) in [7, 11) is 6.46. The number of nitrogens with zero attached hydrogens (tertiary/aromatic N) is 1. The smallest absolute Gasteiger partial charge is 0.248 e. The van der Waals surface area contributed by atoms with Crippen molar-refractivity contribution in [3.05, 3.63) is 53.6 Å². The van der Waals surface area contributed by atoms with Crippen molar-refractivity contribution in [2.75, 3.05) is 39.9 Å². The fourth-order valence-electron chi connectivity index (χ4n) is 4.85. The first-order valence-corrected chi connectivity index (χ1v) is 12.2. The lowest BCUT2D eigenvalue weighted by Crippen LogP contribution is -2.57. The van der Waals surface area contributed by atoms with Gasteiger partial charge in [-0.25, -0.2) is 0 Å². The van der Waals surface area contributed by atoms with Gasteiger partial charge in [0, 0.05) is 18.1 Å². The molecule has 0 radical (unpaired) electrons. The minimum Gasteiger partial charge on any atom is -0.493 e. The van der Waals surface area contributed by atoms with Crippen molar-refractivity contribution in [1.82, 2.24) is 0 Å². The van der Waals surface area contributed by atoms with Crippen molar-refractivity contribution < 1.29 is 28.9 Å². The molecule has 3 atom stereocenters. The van der Waals surface area contributed by atoms with E-state index in [-0.39, 0.29) is 5.92 Å². The first kappa shape index (κ1) is 24.3. The Labute approximate surface area is 204 Å². The Morgan fingerprint density at radius 2 is 1.62 bits per heavy atom. The van der Waals surface area contributed by atoms with Crippen molar-refractivity contribution >= 4 is 23.5 Å². The van der Waals surface area contributed by atoms with Crippen LogP contribution in [0.3, 0.4) is 0 Å². The van der Waals surface area contributed by atoms with Crippen LogP contribution in [0.2, 0.25) is 0 Å². The normalized spacial score (nSPS) is 24.7. The van der Waals surface area contributed by atoms with E-state index in [2.05, 4.69) is 11.2 Å². The Bertz CT molecular complexity index is 1100. The largest absolute Gasteiger partial charge is 0.493 e. The molecule has 1 fully saturated rings. The van der Waals surface area contributed by atoms with Crippen LogP contribution in [-0.4, -0.2) is 56.6 Å². The van der Waals surface area contributed by atoms with Crippen molar-refractivity contribution in [3.63, 3.8) is 0 Å². The summed E-state index contributed by atoms with van der Waals surface area (Å²) in [4.78, 5) is 5.69. The number of rotatable bonds is 8. The summed E-state index contributed by atoms with van der Waals surface area (Å²) in [5, 5.41) is 15.9. The van der Waals surface area contributed by atoms with E-state index < -0.39 is 11.2 Å². The van der Waals surface area contributed by atoms with Crippen LogP contribution < -0.4 is 18.9 Å². The molecule has 34 heavy (non-hydrogen) atoms. The van der Waals surface area contributed by atoms with Gasteiger partial charge in [0.2, 0.25) is 5.79 Å². The molecule has 0 aliphatic carbocycles. The minimum atomic E-state index is -1.39. The third-order valence-corrected chi connectivity index (χ3v) is 7.93. The number of benzene rings is 2. The van der Waals surface area contributed by atoms with Gasteiger partial charge in [-0.05, 0) is 48.1 Å². The second kappa shape index (κ2) is 9.80. The van der Waals surface area contributed by atoms with Crippen LogP contribution in [0.4, 0.5) is 0 Å². The molecule has 2 aromatic carbocycles. The number of aliphatic hydroxyl groups is 1. The van der Waals surface area contributed by atoms with Gasteiger partial charge in [-0.2, -0.15) is 11.8 Å². The second-order valence-corrected chi connectivity index (χ2v) is 9.50. The average molecular weight is 486 g/mol. The molecule has 0 bridgehead atoms. The molecule has 2 aromatic rings. The van der Waals surface area contributed by atoms with E-state index in [1.807, 2.05) is 49.4 Å². The van der Waals surface area contributed by atoms with Crippen molar-refractivity contribution in [3.8, 4) is 23.0 Å². The van der Waals surface area contributed by atoms with Crippen LogP contribution in [0.1, 0.15) is 30.4 Å². The van der Waals surface area contributed by atoms with Crippen LogP contribution in [0.15, 0.2) is 47.6 Å². The molecule has 0 aromatic heterocycles. The Kier molecular flexibility index (Phi) is 7.00. The van der Waals surface area contributed by atoms with E-state index in [1.165, 1.54) is 0 Å². The van der Waals surface area contributed by atoms with Gasteiger partial charge in [0.1, 0.15) is 0 Å². The van der Waals surface area contributed by atoms with Crippen molar-refractivity contribution in [2.45, 2.75) is 25.0 Å². The van der Waals surface area contributed by atoms with Gasteiger partial charge in [-0.15, -0.1) is 0 Å². The number of methoxy groups -OCH3 is 4. The zero-order valence-electron chi connectivity index (χ0n) is 20.2. The third-order valence-electron chi connectivity index (χ3n) is 6.78. The maximum Gasteiger partial charge on any atom is 0.248 e. The molecular formula is C26H31NO6S. The summed E-state index contributed by atoms with van der Waals surface area (Å²) in [6.07, 6.45) is 4.63. The summed E-state index contributed by atoms with van der Waals surface area (Å²) in [5.41, 5.74) is 1.96. The quantitative estimate of drug-likeness (QED) is 0.579. The van der Waals surface area contributed by atoms with Gasteiger partial charge in [-0.3, -0.25) is 0 Å². The number of hydrogen-bond acceptors (Lipinski definition) is 8. The summed E-state index contributed by atoms with van der Waals surface area (Å²) in [5.74, 6) is 2.44. The van der Waals surface area contributed by atoms with Gasteiger partial charge in [-0.1, -0.05) is 29.4 Å². The lowest BCUT2D eigenvalue weighted by atomic mass is 9.64. The van der Waals surface area contributed by atoms with E-state index >= 15 is 0 Å². The molecule has 2 aliphatic rings. The Balaban J connectivity index is 1.84. The van der Waals surface area contributed by atoms with E-state index in [4.69, 9.17) is 23.8 Å². The summed E-state index contributed by atoms with van der Waals surface area (Å²) < 4.78 is 21.9. The number of thioether (sulfide) groups is 1. The molecular weight excluding hydrogens is 454 g/mol. The highest BCUT2D eigenvalue weighted by molar-refractivity contribution is 7.99. The monoisotopic (exact) mass is 485 g/mol. The predicted molar refractivity (Wildman–Crippen MR) is 134 cm³/mol. The van der Waals surface area contributed by atoms with Gasteiger partial charge < -0.3 is 28.9 Å². The number of ether oxygens (including phenoxy) is 4. The molecule has 1 saturated heterocycles. The molecule has 2 heterocycles. The number of fused-ring (bicyclic) bond motifs is 1. The van der Waals surface area contributed by atoms with Gasteiger partial charge in [0.15, 0.2) is 23.0 Å². The van der Waals surface area contributed by atoms with Crippen LogP contribution in [0.5, 0.6) is 23.0 Å². The Hall–Kier alpha value is -2.84. The van der Waals surface area contributed by atoms with E-state index in [1.54, 1.807) is 40.2 Å². The van der Waals surface area contributed by atoms with Gasteiger partial charge in [0.25, 0.3) is 0 Å². The van der Waals surface area contributed by atoms with Crippen molar-refractivity contribution in [1.29, 1.82) is 0 Å². The number of hydrogen-bond donors (Lipinski definition) is 1. The maximum atomic E-state index is 11.7. The molecule has 182 valence electrons. The van der Waals surface area contributed by atoms with Crippen LogP contribution in [-0.2, 0) is 4.84 Å². The molecule has 0 amide bonds. The van der Waals surface area contributed by atoms with E-state index in [9.17, 15) is 5.11 Å². The number of oxime groups is 1. The SMILES string of the molecule is COc1ccc(/C=C/[C@@H](c2ccc(OC)c(OC)c2)[C@]23CSCC[C@@]2(O)ON=C3C)cc1OC. The minimum absolute atomic E-state index is 0.246. The molecule has 0 spiro atoms. The Morgan fingerprint density at radius 3 is 2.29 bits per heavy atom. The fourth-order valence-corrected chi connectivity index (χ4v) is 6.35. The second-order valence-electron chi connectivity index (χ2n) is 8.39. The van der Waals surface area contributed by atoms with E-state index in [0.29, 0.717) is 35.2 Å². The van der Waals surface area contributed by atoms with E-state index in [0.717, 1.165) is 22.6 Å². The number of allylic oxidation sites excluding steroid dienone is 1.